The smallest absolute Gasteiger partial charge is 0.234 e. The van der Waals surface area contributed by atoms with Gasteiger partial charge in [0.05, 0.1) is 21.8 Å². The zero-order valence-electron chi connectivity index (χ0n) is 19.4. The van der Waals surface area contributed by atoms with Gasteiger partial charge < -0.3 is 28.7 Å². The van der Waals surface area contributed by atoms with Crippen LogP contribution in [0.3, 0.4) is 0 Å². The van der Waals surface area contributed by atoms with Gasteiger partial charge in [-0.3, -0.25) is 4.79 Å². The second-order valence-corrected chi connectivity index (χ2v) is 8.08. The lowest BCUT2D eigenvalue weighted by molar-refractivity contribution is -0.118. The van der Waals surface area contributed by atoms with Crippen LogP contribution in [-0.4, -0.2) is 11.9 Å². The van der Waals surface area contributed by atoms with E-state index in [0.717, 1.165) is 10.7 Å². The lowest BCUT2D eigenvalue weighted by Crippen LogP contribution is -2.32. The van der Waals surface area contributed by atoms with E-state index in [-0.39, 0.29) is 0 Å². The number of nitrogen functional groups attached to an aromatic ring is 3. The number of primary amides is 1. The van der Waals surface area contributed by atoms with E-state index in [9.17, 15) is 4.79 Å². The summed E-state index contributed by atoms with van der Waals surface area (Å²) in [6, 6.07) is 30.7. The minimum absolute atomic E-state index is 0.463. The van der Waals surface area contributed by atoms with Crippen LogP contribution in [0.1, 0.15) is 12.5 Å². The molecule has 0 spiro atoms. The Kier molecular flexibility index (Phi) is 17.0. The number of thiophene rings is 1. The van der Waals surface area contributed by atoms with E-state index in [1.165, 1.54) is 5.56 Å². The molecule has 1 atom stereocenters. The number of nitrogens with two attached hydrogens (primary N) is 5. The Balaban J connectivity index is 0.000000402. The predicted molar refractivity (Wildman–Crippen MR) is 148 cm³/mol. The number of carbonyl (C=O) groups excluding carboxylic acids is 1. The largest absolute Gasteiger partial charge is 0.399 e. The molecule has 1 unspecified atom stereocenters. The molecule has 3 aromatic carbocycles. The van der Waals surface area contributed by atoms with E-state index in [4.69, 9.17) is 34.5 Å². The number of amides is 1. The monoisotopic (exact) mass is 498 g/mol. The number of hydrogen-bond donors (Lipinski definition) is 5. The van der Waals surface area contributed by atoms with Crippen LogP contribution in [0.25, 0.3) is 0 Å². The molecule has 0 aliphatic heterocycles. The second-order valence-electron chi connectivity index (χ2n) is 6.73. The molecule has 4 rings (SSSR count). The minimum atomic E-state index is -0.509. The van der Waals surface area contributed by atoms with E-state index < -0.39 is 11.9 Å². The molecule has 0 saturated heterocycles. The summed E-state index contributed by atoms with van der Waals surface area (Å²) in [4.78, 5) is 9.80. The molecule has 0 aliphatic carbocycles. The summed E-state index contributed by atoms with van der Waals surface area (Å²) < 4.78 is 0. The van der Waals surface area contributed by atoms with Crippen molar-refractivity contribution in [2.45, 2.75) is 19.9 Å². The molecule has 0 fully saturated rings. The van der Waals surface area contributed by atoms with Crippen LogP contribution in [0.4, 0.5) is 16.4 Å². The van der Waals surface area contributed by atoms with Crippen molar-refractivity contribution in [1.82, 2.24) is 0 Å². The normalized spacial score (nSPS) is 9.65. The van der Waals surface area contributed by atoms with E-state index in [2.05, 4.69) is 11.8 Å². The molecule has 1 heterocycles. The molecule has 1 radical (unpaired) electrons. The van der Waals surface area contributed by atoms with Gasteiger partial charge in [0.2, 0.25) is 5.91 Å². The van der Waals surface area contributed by atoms with Gasteiger partial charge in [-0.25, -0.2) is 0 Å². The van der Waals surface area contributed by atoms with E-state index >= 15 is 0 Å². The van der Waals surface area contributed by atoms with Crippen molar-refractivity contribution in [2.75, 3.05) is 17.2 Å². The molecule has 8 heteroatoms. The fourth-order valence-corrected chi connectivity index (χ4v) is 2.50. The number of anilines is 3. The number of benzene rings is 3. The number of aryl methyl sites for hydroxylation is 1. The Hall–Kier alpha value is -3.52. The highest BCUT2D eigenvalue weighted by Gasteiger charge is 1.96. The maximum Gasteiger partial charge on any atom is 0.234 e. The van der Waals surface area contributed by atoms with E-state index in [1.54, 1.807) is 30.4 Å². The van der Waals surface area contributed by atoms with Crippen LogP contribution in [0.2, 0.25) is 5.02 Å². The SMILES string of the molecule is CC(N)C(N)=O.Cc1csc(N)c1.Nc1ccccc1.Nc1ccccc1Cl.[c]1ccccc1. The number of halogens is 1. The molecule has 181 valence electrons. The highest BCUT2D eigenvalue weighted by molar-refractivity contribution is 7.14. The van der Waals surface area contributed by atoms with Gasteiger partial charge in [-0.1, -0.05) is 72.3 Å². The molecular formula is C26H33ClN5OS. The zero-order chi connectivity index (χ0) is 25.8. The maximum absolute atomic E-state index is 9.80. The van der Waals surface area contributed by atoms with Crippen LogP contribution in [0.15, 0.2) is 96.4 Å². The topological polar surface area (TPSA) is 147 Å². The van der Waals surface area contributed by atoms with E-state index in [1.807, 2.05) is 91.2 Å². The van der Waals surface area contributed by atoms with E-state index in [0.29, 0.717) is 10.7 Å². The molecule has 0 aliphatic rings. The maximum atomic E-state index is 9.80. The van der Waals surface area contributed by atoms with Crippen molar-refractivity contribution < 1.29 is 4.79 Å². The van der Waals surface area contributed by atoms with Crippen molar-refractivity contribution in [3.63, 3.8) is 0 Å². The summed E-state index contributed by atoms with van der Waals surface area (Å²) in [5.74, 6) is -0.463. The Morgan fingerprint density at radius 3 is 1.62 bits per heavy atom. The van der Waals surface area contributed by atoms with Crippen LogP contribution < -0.4 is 28.7 Å². The van der Waals surface area contributed by atoms with Crippen LogP contribution in [0.5, 0.6) is 0 Å². The fourth-order valence-electron chi connectivity index (χ4n) is 1.72. The fraction of sp³-hybridized carbons (Fsp3) is 0.115. The summed E-state index contributed by atoms with van der Waals surface area (Å²) in [5.41, 5.74) is 28.5. The molecule has 0 bridgehead atoms. The average Bonchev–Trinajstić information content (AvgIpc) is 3.21. The molecule has 6 nitrogen and oxygen atoms in total. The second kappa shape index (κ2) is 19.0. The zero-order valence-corrected chi connectivity index (χ0v) is 21.0. The first-order chi connectivity index (χ1) is 16.1. The predicted octanol–water partition coefficient (Wildman–Crippen LogP) is 5.14. The summed E-state index contributed by atoms with van der Waals surface area (Å²) >= 11 is 7.17. The Bertz CT molecular complexity index is 963. The van der Waals surface area contributed by atoms with Gasteiger partial charge >= 0.3 is 0 Å². The molecule has 1 amide bonds. The summed E-state index contributed by atoms with van der Waals surface area (Å²) in [7, 11) is 0. The first-order valence-corrected chi connectivity index (χ1v) is 11.5. The third kappa shape index (κ3) is 18.1. The van der Waals surface area contributed by atoms with Gasteiger partial charge in [-0.05, 0) is 61.2 Å². The van der Waals surface area contributed by atoms with Gasteiger partial charge in [0.1, 0.15) is 0 Å². The Morgan fingerprint density at radius 2 is 1.41 bits per heavy atom. The third-order valence-electron chi connectivity index (χ3n) is 3.51. The summed E-state index contributed by atoms with van der Waals surface area (Å²) in [5, 5.41) is 3.56. The van der Waals surface area contributed by atoms with Crippen molar-refractivity contribution in [3.8, 4) is 0 Å². The average molecular weight is 499 g/mol. The standard InChI is InChI=1S/C6H6ClN.C6H7N.C6H5.C5H7NS.C3H8N2O/c7-5-3-1-2-4-6(5)8;7-6-4-2-1-3-5-6;1-2-4-6-5-3-1;1-4-2-5(6)7-3-4;1-2(4)3(5)6/h1-4H,8H2;1-5H,7H2;1-5H;2-3H,6H2,1H3;2H,4H2,1H3,(H2,5,6). The number of carbonyl (C=O) groups is 1. The lowest BCUT2D eigenvalue weighted by Gasteiger charge is -1.91. The first-order valence-electron chi connectivity index (χ1n) is 10.2. The van der Waals surface area contributed by atoms with Gasteiger partial charge in [0.15, 0.2) is 0 Å². The molecule has 0 saturated carbocycles. The Labute approximate surface area is 211 Å². The molecule has 4 aromatic rings. The molecule has 1 aromatic heterocycles. The minimum Gasteiger partial charge on any atom is -0.399 e. The van der Waals surface area contributed by atoms with Gasteiger partial charge in [0, 0.05) is 5.69 Å². The molecule has 10 N–H and O–H groups in total. The summed E-state index contributed by atoms with van der Waals surface area (Å²) in [6.45, 7) is 3.58. The van der Waals surface area contributed by atoms with Gasteiger partial charge in [-0.2, -0.15) is 0 Å². The number of rotatable bonds is 1. The third-order valence-corrected chi connectivity index (χ3v) is 4.74. The first kappa shape index (κ1) is 30.5. The lowest BCUT2D eigenvalue weighted by atomic mass is 10.3. The van der Waals surface area contributed by atoms with Gasteiger partial charge in [-0.15, -0.1) is 11.3 Å². The van der Waals surface area contributed by atoms with Crippen molar-refractivity contribution in [1.29, 1.82) is 0 Å². The highest BCUT2D eigenvalue weighted by Crippen LogP contribution is 2.15. The molecule has 34 heavy (non-hydrogen) atoms. The number of hydrogen-bond acceptors (Lipinski definition) is 6. The quantitative estimate of drug-likeness (QED) is 0.230. The van der Waals surface area contributed by atoms with Crippen LogP contribution in [-0.2, 0) is 4.79 Å². The van der Waals surface area contributed by atoms with Crippen molar-refractivity contribution in [2.24, 2.45) is 11.5 Å². The highest BCUT2D eigenvalue weighted by atomic mass is 35.5. The Morgan fingerprint density at radius 1 is 0.912 bits per heavy atom. The summed E-state index contributed by atoms with van der Waals surface area (Å²) in [6.07, 6.45) is 0. The van der Waals surface area contributed by atoms with Crippen LogP contribution in [0, 0.1) is 13.0 Å². The molecular weight excluding hydrogens is 466 g/mol. The van der Waals surface area contributed by atoms with Crippen molar-refractivity contribution in [3.05, 3.63) is 113 Å². The number of para-hydroxylation sites is 2. The van der Waals surface area contributed by atoms with Crippen LogP contribution >= 0.6 is 22.9 Å². The van der Waals surface area contributed by atoms with Crippen molar-refractivity contribution >= 4 is 45.2 Å². The van der Waals surface area contributed by atoms with Gasteiger partial charge in [0.25, 0.3) is 0 Å².